The fourth-order valence-corrected chi connectivity index (χ4v) is 2.35. The zero-order valence-electron chi connectivity index (χ0n) is 11.0. The molecular weight excluding hydrogens is 290 g/mol. The fraction of sp³-hybridized carbons (Fsp3) is 0.0625. The van der Waals surface area contributed by atoms with Crippen LogP contribution in [0.25, 0.3) is 6.08 Å². The van der Waals surface area contributed by atoms with Gasteiger partial charge in [0.25, 0.3) is 0 Å². The van der Waals surface area contributed by atoms with Crippen molar-refractivity contribution in [1.82, 2.24) is 0 Å². The van der Waals surface area contributed by atoms with Gasteiger partial charge < -0.3 is 5.32 Å². The molecule has 0 saturated heterocycles. The summed E-state index contributed by atoms with van der Waals surface area (Å²) >= 11 is 7.41. The Labute approximate surface area is 127 Å². The fourth-order valence-electron chi connectivity index (χ4n) is 1.67. The Morgan fingerprint density at radius 2 is 1.85 bits per heavy atom. The summed E-state index contributed by atoms with van der Waals surface area (Å²) in [5.74, 6) is -0.151. The van der Waals surface area contributed by atoms with Crippen molar-refractivity contribution in [1.29, 1.82) is 0 Å². The molecule has 2 rings (SSSR count). The van der Waals surface area contributed by atoms with Crippen molar-refractivity contribution in [2.24, 2.45) is 0 Å². The molecule has 2 aromatic carbocycles. The van der Waals surface area contributed by atoms with Gasteiger partial charge in [-0.15, -0.1) is 11.8 Å². The lowest BCUT2D eigenvalue weighted by molar-refractivity contribution is -0.111. The van der Waals surface area contributed by atoms with Gasteiger partial charge in [0.15, 0.2) is 0 Å². The van der Waals surface area contributed by atoms with Crippen molar-refractivity contribution in [3.05, 3.63) is 65.2 Å². The van der Waals surface area contributed by atoms with Gasteiger partial charge >= 0.3 is 0 Å². The molecule has 0 aromatic heterocycles. The van der Waals surface area contributed by atoms with E-state index in [1.807, 2.05) is 42.7 Å². The minimum absolute atomic E-state index is 0.151. The quantitative estimate of drug-likeness (QED) is 0.654. The molecule has 0 bridgehead atoms. The van der Waals surface area contributed by atoms with Crippen LogP contribution < -0.4 is 5.32 Å². The van der Waals surface area contributed by atoms with Crippen molar-refractivity contribution < 1.29 is 4.79 Å². The SMILES string of the molecule is CSc1ccccc1NC(=O)/C=C/c1ccc(Cl)cc1. The summed E-state index contributed by atoms with van der Waals surface area (Å²) in [6, 6.07) is 15.0. The van der Waals surface area contributed by atoms with E-state index in [9.17, 15) is 4.79 Å². The third kappa shape index (κ3) is 4.15. The summed E-state index contributed by atoms with van der Waals surface area (Å²) in [4.78, 5) is 12.9. The van der Waals surface area contributed by atoms with Gasteiger partial charge in [-0.2, -0.15) is 0 Å². The zero-order chi connectivity index (χ0) is 14.4. The third-order valence-corrected chi connectivity index (χ3v) is 3.71. The van der Waals surface area contributed by atoms with Crippen LogP contribution in [0.2, 0.25) is 5.02 Å². The first-order valence-electron chi connectivity index (χ1n) is 6.06. The lowest BCUT2D eigenvalue weighted by Crippen LogP contribution is -2.08. The van der Waals surface area contributed by atoms with Gasteiger partial charge in [0, 0.05) is 16.0 Å². The van der Waals surface area contributed by atoms with Crippen LogP contribution in [-0.4, -0.2) is 12.2 Å². The molecule has 4 heteroatoms. The van der Waals surface area contributed by atoms with Crippen LogP contribution in [-0.2, 0) is 4.79 Å². The number of hydrogen-bond donors (Lipinski definition) is 1. The van der Waals surface area contributed by atoms with Gasteiger partial charge in [0.1, 0.15) is 0 Å². The van der Waals surface area contributed by atoms with Crippen LogP contribution in [0.1, 0.15) is 5.56 Å². The number of carbonyl (C=O) groups is 1. The molecule has 1 N–H and O–H groups in total. The average Bonchev–Trinajstić information content (AvgIpc) is 2.47. The molecule has 0 heterocycles. The Hall–Kier alpha value is -1.71. The molecule has 0 aliphatic carbocycles. The number of halogens is 1. The van der Waals surface area contributed by atoms with Crippen molar-refractivity contribution in [3.8, 4) is 0 Å². The molecule has 20 heavy (non-hydrogen) atoms. The van der Waals surface area contributed by atoms with Crippen LogP contribution in [0, 0.1) is 0 Å². The van der Waals surface area contributed by atoms with Crippen LogP contribution >= 0.6 is 23.4 Å². The number of hydrogen-bond acceptors (Lipinski definition) is 2. The van der Waals surface area contributed by atoms with E-state index >= 15 is 0 Å². The zero-order valence-corrected chi connectivity index (χ0v) is 12.5. The molecule has 2 aromatic rings. The normalized spacial score (nSPS) is 10.7. The molecule has 0 fully saturated rings. The van der Waals surface area contributed by atoms with E-state index in [0.717, 1.165) is 16.1 Å². The number of carbonyl (C=O) groups excluding carboxylic acids is 1. The van der Waals surface area contributed by atoms with Gasteiger partial charge in [0.2, 0.25) is 5.91 Å². The Morgan fingerprint density at radius 1 is 1.15 bits per heavy atom. The minimum atomic E-state index is -0.151. The van der Waals surface area contributed by atoms with Crippen LogP contribution in [0.4, 0.5) is 5.69 Å². The highest BCUT2D eigenvalue weighted by Gasteiger charge is 2.02. The van der Waals surface area contributed by atoms with E-state index < -0.39 is 0 Å². The minimum Gasteiger partial charge on any atom is -0.321 e. The van der Waals surface area contributed by atoms with Gasteiger partial charge in [-0.05, 0) is 42.2 Å². The standard InChI is InChI=1S/C16H14ClNOS/c1-20-15-5-3-2-4-14(15)18-16(19)11-8-12-6-9-13(17)10-7-12/h2-11H,1H3,(H,18,19)/b11-8+. The monoisotopic (exact) mass is 303 g/mol. The lowest BCUT2D eigenvalue weighted by atomic mass is 10.2. The van der Waals surface area contributed by atoms with Gasteiger partial charge in [-0.3, -0.25) is 4.79 Å². The van der Waals surface area contributed by atoms with E-state index in [1.54, 1.807) is 30.0 Å². The van der Waals surface area contributed by atoms with E-state index in [4.69, 9.17) is 11.6 Å². The Morgan fingerprint density at radius 3 is 2.55 bits per heavy atom. The Bertz CT molecular complexity index is 623. The summed E-state index contributed by atoms with van der Waals surface area (Å²) in [5.41, 5.74) is 1.76. The summed E-state index contributed by atoms with van der Waals surface area (Å²) in [5, 5.41) is 3.55. The maximum Gasteiger partial charge on any atom is 0.248 e. The van der Waals surface area contributed by atoms with Crippen molar-refractivity contribution in [3.63, 3.8) is 0 Å². The largest absolute Gasteiger partial charge is 0.321 e. The van der Waals surface area contributed by atoms with E-state index in [-0.39, 0.29) is 5.91 Å². The second kappa shape index (κ2) is 7.17. The van der Waals surface area contributed by atoms with E-state index in [0.29, 0.717) is 5.02 Å². The second-order valence-electron chi connectivity index (χ2n) is 4.07. The topological polar surface area (TPSA) is 29.1 Å². The van der Waals surface area contributed by atoms with Gasteiger partial charge in [-0.25, -0.2) is 0 Å². The van der Waals surface area contributed by atoms with Crippen LogP contribution in [0.5, 0.6) is 0 Å². The number of anilines is 1. The van der Waals surface area contributed by atoms with Gasteiger partial charge in [0.05, 0.1) is 5.69 Å². The molecule has 0 atom stereocenters. The van der Waals surface area contributed by atoms with Crippen LogP contribution in [0.15, 0.2) is 59.5 Å². The number of benzene rings is 2. The summed E-state index contributed by atoms with van der Waals surface area (Å²) < 4.78 is 0. The molecule has 2 nitrogen and oxygen atoms in total. The molecule has 1 amide bonds. The second-order valence-corrected chi connectivity index (χ2v) is 5.36. The molecule has 0 aliphatic heterocycles. The number of nitrogens with one attached hydrogen (secondary N) is 1. The first-order chi connectivity index (χ1) is 9.69. The Kier molecular flexibility index (Phi) is 5.27. The highest BCUT2D eigenvalue weighted by Crippen LogP contribution is 2.24. The maximum atomic E-state index is 11.9. The van der Waals surface area contributed by atoms with Crippen molar-refractivity contribution in [2.75, 3.05) is 11.6 Å². The first kappa shape index (κ1) is 14.7. The first-order valence-corrected chi connectivity index (χ1v) is 7.67. The summed E-state index contributed by atoms with van der Waals surface area (Å²) in [6.07, 6.45) is 5.25. The van der Waals surface area contributed by atoms with E-state index in [1.165, 1.54) is 6.08 Å². The average molecular weight is 304 g/mol. The van der Waals surface area contributed by atoms with Crippen molar-refractivity contribution >= 4 is 41.0 Å². The lowest BCUT2D eigenvalue weighted by Gasteiger charge is -2.06. The highest BCUT2D eigenvalue weighted by molar-refractivity contribution is 7.98. The highest BCUT2D eigenvalue weighted by atomic mass is 35.5. The summed E-state index contributed by atoms with van der Waals surface area (Å²) in [6.45, 7) is 0. The Balaban J connectivity index is 2.03. The predicted octanol–water partition coefficient (Wildman–Crippen LogP) is 4.71. The number of para-hydroxylation sites is 1. The molecule has 0 spiro atoms. The molecule has 0 saturated carbocycles. The molecule has 0 aliphatic rings. The van der Waals surface area contributed by atoms with E-state index in [2.05, 4.69) is 5.32 Å². The predicted molar refractivity (Wildman–Crippen MR) is 87.3 cm³/mol. The molecule has 0 unspecified atom stereocenters. The van der Waals surface area contributed by atoms with Crippen LogP contribution in [0.3, 0.4) is 0 Å². The third-order valence-electron chi connectivity index (χ3n) is 2.66. The maximum absolute atomic E-state index is 11.9. The van der Waals surface area contributed by atoms with Gasteiger partial charge in [-0.1, -0.05) is 35.9 Å². The summed E-state index contributed by atoms with van der Waals surface area (Å²) in [7, 11) is 0. The number of thioether (sulfide) groups is 1. The molecule has 0 radical (unpaired) electrons. The van der Waals surface area contributed by atoms with Crippen molar-refractivity contribution in [2.45, 2.75) is 4.90 Å². The smallest absolute Gasteiger partial charge is 0.248 e. The molecular formula is C16H14ClNOS. The number of amides is 1. The molecule has 102 valence electrons. The number of rotatable bonds is 4.